The summed E-state index contributed by atoms with van der Waals surface area (Å²) >= 11 is 0. The van der Waals surface area contributed by atoms with Gasteiger partial charge in [-0.1, -0.05) is 56.3 Å². The molecule has 0 saturated heterocycles. The summed E-state index contributed by atoms with van der Waals surface area (Å²) in [6, 6.07) is 18.7. The molecular weight excluding hydrogens is 490 g/mol. The summed E-state index contributed by atoms with van der Waals surface area (Å²) in [5.74, 6) is 0.149. The van der Waals surface area contributed by atoms with Crippen LogP contribution in [0, 0.1) is 5.92 Å². The van der Waals surface area contributed by atoms with E-state index in [1.165, 1.54) is 18.0 Å². The Hall–Kier alpha value is -3.43. The molecule has 2 amide bonds. The summed E-state index contributed by atoms with van der Waals surface area (Å²) < 4.78 is 32.8. The summed E-state index contributed by atoms with van der Waals surface area (Å²) in [5, 5.41) is 4.58. The van der Waals surface area contributed by atoms with Gasteiger partial charge < -0.3 is 15.0 Å². The average molecular weight is 526 g/mol. The minimum absolute atomic E-state index is 0.103. The highest BCUT2D eigenvalue weighted by atomic mass is 32.2. The van der Waals surface area contributed by atoms with E-state index in [0.717, 1.165) is 20.6 Å². The van der Waals surface area contributed by atoms with Gasteiger partial charge in [0.1, 0.15) is 11.8 Å². The van der Waals surface area contributed by atoms with E-state index in [1.807, 2.05) is 50.2 Å². The molecule has 1 unspecified atom stereocenters. The monoisotopic (exact) mass is 525 g/mol. The Labute approximate surface area is 219 Å². The number of amides is 2. The van der Waals surface area contributed by atoms with E-state index < -0.39 is 28.5 Å². The number of benzene rings is 3. The molecule has 8 nitrogen and oxygen atoms in total. The van der Waals surface area contributed by atoms with Crippen LogP contribution in [-0.2, 0) is 26.2 Å². The van der Waals surface area contributed by atoms with E-state index in [4.69, 9.17) is 4.74 Å². The fourth-order valence-corrected chi connectivity index (χ4v) is 4.99. The number of rotatable bonds is 11. The molecule has 0 saturated carbocycles. The number of methoxy groups -OCH3 is 1. The summed E-state index contributed by atoms with van der Waals surface area (Å²) in [4.78, 5) is 27.8. The third-order valence-corrected chi connectivity index (χ3v) is 7.95. The first-order chi connectivity index (χ1) is 17.5. The fourth-order valence-electron chi connectivity index (χ4n) is 3.84. The SMILES string of the molecule is COc1ccc(CN(C(=O)CN(C)S(=O)(=O)c2ccc3ccccc3c2)C(C)C(=O)NCC(C)C)cc1. The van der Waals surface area contributed by atoms with Gasteiger partial charge in [-0.15, -0.1) is 0 Å². The molecule has 3 rings (SSSR count). The Kier molecular flexibility index (Phi) is 9.29. The van der Waals surface area contributed by atoms with E-state index >= 15 is 0 Å². The maximum Gasteiger partial charge on any atom is 0.243 e. The van der Waals surface area contributed by atoms with Gasteiger partial charge in [-0.25, -0.2) is 8.42 Å². The third-order valence-electron chi connectivity index (χ3n) is 6.15. The number of hydrogen-bond donors (Lipinski definition) is 1. The lowest BCUT2D eigenvalue weighted by Gasteiger charge is -2.30. The van der Waals surface area contributed by atoms with Crippen molar-refractivity contribution >= 4 is 32.6 Å². The van der Waals surface area contributed by atoms with Gasteiger partial charge in [0.15, 0.2) is 0 Å². The number of nitrogens with one attached hydrogen (secondary N) is 1. The first-order valence-electron chi connectivity index (χ1n) is 12.2. The van der Waals surface area contributed by atoms with Crippen LogP contribution in [0.4, 0.5) is 0 Å². The van der Waals surface area contributed by atoms with Crippen LogP contribution in [0.15, 0.2) is 71.6 Å². The van der Waals surface area contributed by atoms with Gasteiger partial charge in [0.05, 0.1) is 18.6 Å². The van der Waals surface area contributed by atoms with Crippen LogP contribution < -0.4 is 10.1 Å². The van der Waals surface area contributed by atoms with Crippen molar-refractivity contribution in [2.75, 3.05) is 27.2 Å². The molecule has 0 fully saturated rings. The van der Waals surface area contributed by atoms with E-state index in [-0.39, 0.29) is 23.3 Å². The zero-order valence-electron chi connectivity index (χ0n) is 22.0. The molecule has 198 valence electrons. The van der Waals surface area contributed by atoms with Crippen LogP contribution in [0.25, 0.3) is 10.8 Å². The van der Waals surface area contributed by atoms with Crippen LogP contribution in [0.2, 0.25) is 0 Å². The van der Waals surface area contributed by atoms with Gasteiger partial charge in [-0.2, -0.15) is 4.31 Å². The van der Waals surface area contributed by atoms with Crippen molar-refractivity contribution in [3.05, 3.63) is 72.3 Å². The first kappa shape index (κ1) is 28.1. The predicted octanol–water partition coefficient (Wildman–Crippen LogP) is 3.66. The van der Waals surface area contributed by atoms with Gasteiger partial charge in [-0.05, 0) is 53.4 Å². The van der Waals surface area contributed by atoms with E-state index in [9.17, 15) is 18.0 Å². The lowest BCUT2D eigenvalue weighted by atomic mass is 10.1. The second kappa shape index (κ2) is 12.2. The first-order valence-corrected chi connectivity index (χ1v) is 13.6. The van der Waals surface area contributed by atoms with Crippen LogP contribution in [0.1, 0.15) is 26.3 Å². The predicted molar refractivity (Wildman–Crippen MR) is 145 cm³/mol. The van der Waals surface area contributed by atoms with Crippen molar-refractivity contribution < 1.29 is 22.7 Å². The zero-order valence-corrected chi connectivity index (χ0v) is 22.8. The van der Waals surface area contributed by atoms with Crippen molar-refractivity contribution in [1.29, 1.82) is 0 Å². The quantitative estimate of drug-likeness (QED) is 0.412. The van der Waals surface area contributed by atoms with E-state index in [1.54, 1.807) is 38.3 Å². The average Bonchev–Trinajstić information content (AvgIpc) is 2.89. The Morgan fingerprint density at radius 1 is 0.946 bits per heavy atom. The minimum atomic E-state index is -3.94. The Bertz CT molecular complexity index is 1340. The van der Waals surface area contributed by atoms with Gasteiger partial charge in [0.2, 0.25) is 21.8 Å². The third kappa shape index (κ3) is 7.08. The van der Waals surface area contributed by atoms with Gasteiger partial charge in [-0.3, -0.25) is 9.59 Å². The number of fused-ring (bicyclic) bond motifs is 1. The lowest BCUT2D eigenvalue weighted by Crippen LogP contribution is -2.51. The Morgan fingerprint density at radius 2 is 1.59 bits per heavy atom. The summed E-state index contributed by atoms with van der Waals surface area (Å²) in [6.07, 6.45) is 0. The number of carbonyl (C=O) groups is 2. The minimum Gasteiger partial charge on any atom is -0.497 e. The summed E-state index contributed by atoms with van der Waals surface area (Å²) in [7, 11) is -1.000. The number of ether oxygens (including phenoxy) is 1. The van der Waals surface area contributed by atoms with Crippen molar-refractivity contribution in [1.82, 2.24) is 14.5 Å². The molecule has 0 radical (unpaired) electrons. The molecule has 0 aromatic heterocycles. The molecule has 0 spiro atoms. The second-order valence-electron chi connectivity index (χ2n) is 9.45. The topological polar surface area (TPSA) is 96.0 Å². The highest BCUT2D eigenvalue weighted by Crippen LogP contribution is 2.22. The molecule has 0 heterocycles. The van der Waals surface area contributed by atoms with Gasteiger partial charge in [0.25, 0.3) is 0 Å². The number of carbonyl (C=O) groups excluding carboxylic acids is 2. The van der Waals surface area contributed by atoms with Gasteiger partial charge >= 0.3 is 0 Å². The van der Waals surface area contributed by atoms with Crippen LogP contribution in [-0.4, -0.2) is 62.7 Å². The summed E-state index contributed by atoms with van der Waals surface area (Å²) in [5.41, 5.74) is 0.790. The molecule has 0 aliphatic heterocycles. The largest absolute Gasteiger partial charge is 0.497 e. The van der Waals surface area contributed by atoms with Crippen molar-refractivity contribution in [3.8, 4) is 5.75 Å². The normalized spacial score (nSPS) is 12.5. The molecule has 3 aromatic rings. The molecule has 3 aromatic carbocycles. The molecule has 1 N–H and O–H groups in total. The van der Waals surface area contributed by atoms with Crippen LogP contribution in [0.5, 0.6) is 5.75 Å². The number of hydrogen-bond acceptors (Lipinski definition) is 5. The zero-order chi connectivity index (χ0) is 27.2. The van der Waals surface area contributed by atoms with Crippen LogP contribution in [0.3, 0.4) is 0 Å². The van der Waals surface area contributed by atoms with Crippen molar-refractivity contribution in [3.63, 3.8) is 0 Å². The summed E-state index contributed by atoms with van der Waals surface area (Å²) in [6.45, 7) is 5.82. The molecular formula is C28H35N3O5S. The molecule has 1 atom stereocenters. The maximum absolute atomic E-state index is 13.5. The Morgan fingerprint density at radius 3 is 2.22 bits per heavy atom. The number of nitrogens with zero attached hydrogens (tertiary/aromatic N) is 2. The number of sulfonamides is 1. The standard InChI is InChI=1S/C28H35N3O5S/c1-20(2)17-29-28(33)21(3)31(18-22-10-13-25(36-5)14-11-22)27(32)19-30(4)37(34,35)26-15-12-23-8-6-7-9-24(23)16-26/h6-16,20-21H,17-19H2,1-5H3,(H,29,33). The molecule has 9 heteroatoms. The molecule has 0 aliphatic rings. The Balaban J connectivity index is 1.83. The van der Waals surface area contributed by atoms with E-state index in [0.29, 0.717) is 12.3 Å². The van der Waals surface area contributed by atoms with E-state index in [2.05, 4.69) is 5.32 Å². The van der Waals surface area contributed by atoms with Crippen LogP contribution >= 0.6 is 0 Å². The van der Waals surface area contributed by atoms with Crippen molar-refractivity contribution in [2.24, 2.45) is 5.92 Å². The second-order valence-corrected chi connectivity index (χ2v) is 11.5. The van der Waals surface area contributed by atoms with Crippen molar-refractivity contribution in [2.45, 2.75) is 38.3 Å². The lowest BCUT2D eigenvalue weighted by molar-refractivity contribution is -0.140. The van der Waals surface area contributed by atoms with Gasteiger partial charge in [0, 0.05) is 20.1 Å². The highest BCUT2D eigenvalue weighted by Gasteiger charge is 2.30. The molecule has 0 aliphatic carbocycles. The smallest absolute Gasteiger partial charge is 0.243 e. The molecule has 37 heavy (non-hydrogen) atoms. The fraction of sp³-hybridized carbons (Fsp3) is 0.357. The highest BCUT2D eigenvalue weighted by molar-refractivity contribution is 7.89. The molecule has 0 bridgehead atoms. The maximum atomic E-state index is 13.5. The number of likely N-dealkylation sites (N-methyl/N-ethyl adjacent to an activating group) is 1.